The van der Waals surface area contributed by atoms with Gasteiger partial charge in [-0.25, -0.2) is 0 Å². The van der Waals surface area contributed by atoms with Crippen molar-refractivity contribution in [2.24, 2.45) is 0 Å². The number of benzene rings is 1. The Bertz CT molecular complexity index is 630. The van der Waals surface area contributed by atoms with Gasteiger partial charge in [-0.15, -0.1) is 0 Å². The molecule has 3 nitrogen and oxygen atoms in total. The van der Waals surface area contributed by atoms with Crippen molar-refractivity contribution in [1.82, 2.24) is 4.57 Å². The average Bonchev–Trinajstić information content (AvgIpc) is 2.77. The van der Waals surface area contributed by atoms with Crippen LogP contribution in [0.4, 0.5) is 0 Å². The van der Waals surface area contributed by atoms with Crippen LogP contribution in [0.3, 0.4) is 0 Å². The standard InChI is InChI=1S/C13H12BrNO2/c1-7-3-10-8(5-12(7)17-2)4-11-13(16)9(14)6-15(10)11/h3-5,9H,6H2,1-2H3/t9-/m1/s1. The van der Waals surface area contributed by atoms with E-state index in [9.17, 15) is 4.79 Å². The van der Waals surface area contributed by atoms with Crippen molar-refractivity contribution in [1.29, 1.82) is 0 Å². The number of hydrogen-bond donors (Lipinski definition) is 0. The quantitative estimate of drug-likeness (QED) is 0.757. The molecule has 3 rings (SSSR count). The number of rotatable bonds is 1. The molecule has 1 aromatic carbocycles. The lowest BCUT2D eigenvalue weighted by Gasteiger charge is -2.06. The van der Waals surface area contributed by atoms with E-state index in [4.69, 9.17) is 4.74 Å². The maximum atomic E-state index is 11.9. The Kier molecular flexibility index (Phi) is 2.30. The number of alkyl halides is 1. The number of aryl methyl sites for hydroxylation is 1. The topological polar surface area (TPSA) is 31.2 Å². The molecule has 1 aromatic heterocycles. The van der Waals surface area contributed by atoms with Crippen molar-refractivity contribution >= 4 is 32.6 Å². The molecule has 0 bridgehead atoms. The lowest BCUT2D eigenvalue weighted by Crippen LogP contribution is -2.06. The van der Waals surface area contributed by atoms with Gasteiger partial charge in [0.15, 0.2) is 5.78 Å². The minimum atomic E-state index is -0.0793. The van der Waals surface area contributed by atoms with Crippen molar-refractivity contribution in [2.75, 3.05) is 7.11 Å². The molecule has 0 spiro atoms. The second-order valence-electron chi connectivity index (χ2n) is 4.35. The van der Waals surface area contributed by atoms with E-state index in [1.54, 1.807) is 7.11 Å². The molecule has 0 saturated heterocycles. The Morgan fingerprint density at radius 2 is 2.18 bits per heavy atom. The first-order valence-electron chi connectivity index (χ1n) is 5.48. The van der Waals surface area contributed by atoms with Gasteiger partial charge in [0.05, 0.1) is 17.6 Å². The Hall–Kier alpha value is -1.29. The molecule has 1 aliphatic heterocycles. The van der Waals surface area contributed by atoms with Gasteiger partial charge in [-0.3, -0.25) is 4.79 Å². The van der Waals surface area contributed by atoms with E-state index < -0.39 is 0 Å². The molecule has 0 fully saturated rings. The van der Waals surface area contributed by atoms with Crippen LogP contribution in [0.5, 0.6) is 5.75 Å². The van der Waals surface area contributed by atoms with Gasteiger partial charge in [0, 0.05) is 17.4 Å². The molecule has 0 saturated carbocycles. The van der Waals surface area contributed by atoms with Gasteiger partial charge >= 0.3 is 0 Å². The van der Waals surface area contributed by atoms with Crippen LogP contribution in [0, 0.1) is 6.92 Å². The highest BCUT2D eigenvalue weighted by atomic mass is 79.9. The number of methoxy groups -OCH3 is 1. The normalized spacial score (nSPS) is 18.8. The number of nitrogens with zero attached hydrogens (tertiary/aromatic N) is 1. The summed E-state index contributed by atoms with van der Waals surface area (Å²) in [6, 6.07) is 6.02. The molecule has 4 heteroatoms. The van der Waals surface area contributed by atoms with Crippen molar-refractivity contribution in [2.45, 2.75) is 18.3 Å². The van der Waals surface area contributed by atoms with E-state index in [-0.39, 0.29) is 10.6 Å². The van der Waals surface area contributed by atoms with Gasteiger partial charge in [-0.1, -0.05) is 15.9 Å². The summed E-state index contributed by atoms with van der Waals surface area (Å²) in [4.78, 5) is 11.8. The molecular formula is C13H12BrNO2. The van der Waals surface area contributed by atoms with Crippen LogP contribution in [0.2, 0.25) is 0 Å². The summed E-state index contributed by atoms with van der Waals surface area (Å²) in [7, 11) is 1.66. The number of halogens is 1. The maximum Gasteiger partial charge on any atom is 0.194 e. The van der Waals surface area contributed by atoms with E-state index in [1.807, 2.05) is 19.1 Å². The number of aromatic nitrogens is 1. The second-order valence-corrected chi connectivity index (χ2v) is 5.46. The number of carbonyl (C=O) groups excluding carboxylic acids is 1. The molecule has 0 N–H and O–H groups in total. The molecule has 17 heavy (non-hydrogen) atoms. The zero-order chi connectivity index (χ0) is 12.2. The first kappa shape index (κ1) is 10.8. The highest BCUT2D eigenvalue weighted by Gasteiger charge is 2.30. The fraction of sp³-hybridized carbons (Fsp3) is 0.308. The molecule has 1 aliphatic rings. The summed E-state index contributed by atoms with van der Waals surface area (Å²) < 4.78 is 7.37. The van der Waals surface area contributed by atoms with E-state index in [2.05, 4.69) is 26.6 Å². The lowest BCUT2D eigenvalue weighted by atomic mass is 10.1. The van der Waals surface area contributed by atoms with Crippen LogP contribution in [0.1, 0.15) is 16.1 Å². The van der Waals surface area contributed by atoms with Gasteiger partial charge in [0.2, 0.25) is 0 Å². The van der Waals surface area contributed by atoms with Gasteiger partial charge < -0.3 is 9.30 Å². The fourth-order valence-corrected chi connectivity index (χ4v) is 2.94. The molecule has 2 aromatic rings. The summed E-state index contributed by atoms with van der Waals surface area (Å²) in [6.45, 7) is 2.73. The molecular weight excluding hydrogens is 282 g/mol. The van der Waals surface area contributed by atoms with Crippen LogP contribution in [0.25, 0.3) is 10.9 Å². The predicted molar refractivity (Wildman–Crippen MR) is 70.3 cm³/mol. The summed E-state index contributed by atoms with van der Waals surface area (Å²) in [5, 5.41) is 1.07. The molecule has 88 valence electrons. The minimum absolute atomic E-state index is 0.0793. The number of ether oxygens (including phenoxy) is 1. The second kappa shape index (κ2) is 3.60. The van der Waals surface area contributed by atoms with E-state index in [1.165, 1.54) is 0 Å². The number of hydrogen-bond acceptors (Lipinski definition) is 2. The summed E-state index contributed by atoms with van der Waals surface area (Å²) in [5.41, 5.74) is 2.98. The molecule has 0 unspecified atom stereocenters. The zero-order valence-electron chi connectivity index (χ0n) is 9.66. The van der Waals surface area contributed by atoms with E-state index in [0.717, 1.165) is 27.9 Å². The van der Waals surface area contributed by atoms with Crippen LogP contribution in [-0.4, -0.2) is 22.3 Å². The monoisotopic (exact) mass is 293 g/mol. The van der Waals surface area contributed by atoms with Crippen molar-refractivity contribution in [3.05, 3.63) is 29.5 Å². The highest BCUT2D eigenvalue weighted by molar-refractivity contribution is 9.10. The minimum Gasteiger partial charge on any atom is -0.496 e. The Labute approximate surface area is 107 Å². The van der Waals surface area contributed by atoms with Gasteiger partial charge in [0.25, 0.3) is 0 Å². The summed E-state index contributed by atoms with van der Waals surface area (Å²) in [6.07, 6.45) is 0. The van der Waals surface area contributed by atoms with Crippen LogP contribution >= 0.6 is 15.9 Å². The molecule has 0 radical (unpaired) electrons. The van der Waals surface area contributed by atoms with Crippen LogP contribution in [-0.2, 0) is 6.54 Å². The Balaban J connectivity index is 2.29. The lowest BCUT2D eigenvalue weighted by molar-refractivity contribution is 0.100. The smallest absolute Gasteiger partial charge is 0.194 e. The third kappa shape index (κ3) is 1.43. The third-order valence-corrected chi connectivity index (χ3v) is 4.00. The fourth-order valence-electron chi connectivity index (χ4n) is 2.42. The van der Waals surface area contributed by atoms with Gasteiger partial charge in [-0.05, 0) is 30.7 Å². The van der Waals surface area contributed by atoms with Crippen molar-refractivity contribution in [3.63, 3.8) is 0 Å². The molecule has 0 amide bonds. The zero-order valence-corrected chi connectivity index (χ0v) is 11.2. The Morgan fingerprint density at radius 3 is 2.88 bits per heavy atom. The first-order chi connectivity index (χ1) is 8.11. The predicted octanol–water partition coefficient (Wildman–Crippen LogP) is 2.92. The molecule has 1 atom stereocenters. The van der Waals surface area contributed by atoms with Crippen molar-refractivity contribution < 1.29 is 9.53 Å². The molecule has 0 aliphatic carbocycles. The average molecular weight is 294 g/mol. The SMILES string of the molecule is COc1cc2cc3n(c2cc1C)C[C@@H](Br)C3=O. The third-order valence-electron chi connectivity index (χ3n) is 3.30. The first-order valence-corrected chi connectivity index (χ1v) is 6.39. The van der Waals surface area contributed by atoms with Gasteiger partial charge in [-0.2, -0.15) is 0 Å². The highest BCUT2D eigenvalue weighted by Crippen LogP contribution is 2.32. The summed E-state index contributed by atoms with van der Waals surface area (Å²) in [5.74, 6) is 1.03. The van der Waals surface area contributed by atoms with Crippen LogP contribution in [0.15, 0.2) is 18.2 Å². The number of ketones is 1. The molecule has 2 heterocycles. The Morgan fingerprint density at radius 1 is 1.41 bits per heavy atom. The van der Waals surface area contributed by atoms with E-state index in [0.29, 0.717) is 6.54 Å². The maximum absolute atomic E-state index is 11.9. The van der Waals surface area contributed by atoms with Crippen molar-refractivity contribution in [3.8, 4) is 5.75 Å². The number of carbonyl (C=O) groups is 1. The number of Topliss-reactive ketones (excluding diaryl/α,β-unsaturated/α-hetero) is 1. The summed E-state index contributed by atoms with van der Waals surface area (Å²) >= 11 is 3.40. The van der Waals surface area contributed by atoms with E-state index >= 15 is 0 Å². The van der Waals surface area contributed by atoms with Crippen LogP contribution < -0.4 is 4.74 Å². The largest absolute Gasteiger partial charge is 0.496 e. The number of fused-ring (bicyclic) bond motifs is 3. The van der Waals surface area contributed by atoms with Gasteiger partial charge in [0.1, 0.15) is 5.75 Å².